The van der Waals surface area contributed by atoms with Gasteiger partial charge >= 0.3 is 0 Å². The highest BCUT2D eigenvalue weighted by Crippen LogP contribution is 2.19. The Labute approximate surface area is 128 Å². The van der Waals surface area contributed by atoms with Crippen LogP contribution in [0.5, 0.6) is 5.75 Å². The molecule has 1 aromatic carbocycles. The van der Waals surface area contributed by atoms with Crippen molar-refractivity contribution in [3.05, 3.63) is 41.5 Å². The molecule has 0 saturated heterocycles. The van der Waals surface area contributed by atoms with Crippen LogP contribution in [-0.4, -0.2) is 30.9 Å². The Morgan fingerprint density at radius 2 is 2.19 bits per heavy atom. The van der Waals surface area contributed by atoms with E-state index < -0.39 is 6.10 Å². The lowest BCUT2D eigenvalue weighted by molar-refractivity contribution is 0.105. The van der Waals surface area contributed by atoms with Crippen LogP contribution in [0, 0.1) is 19.8 Å². The maximum atomic E-state index is 9.98. The second-order valence-corrected chi connectivity index (χ2v) is 6.04. The summed E-state index contributed by atoms with van der Waals surface area (Å²) >= 11 is 0. The molecule has 1 aromatic rings. The molecule has 2 rings (SSSR count). The third-order valence-corrected chi connectivity index (χ3v) is 3.95. The molecule has 2 atom stereocenters. The summed E-state index contributed by atoms with van der Waals surface area (Å²) in [5.41, 5.74) is 2.34. The summed E-state index contributed by atoms with van der Waals surface area (Å²) in [5, 5.41) is 13.3. The molecule has 0 spiro atoms. The molecule has 1 aliphatic carbocycles. The second kappa shape index (κ2) is 8.20. The van der Waals surface area contributed by atoms with Gasteiger partial charge in [0.25, 0.3) is 0 Å². The van der Waals surface area contributed by atoms with Gasteiger partial charge < -0.3 is 15.2 Å². The maximum Gasteiger partial charge on any atom is 0.122 e. The maximum absolute atomic E-state index is 9.98. The number of aryl methyl sites for hydroxylation is 2. The predicted octanol–water partition coefficient (Wildman–Crippen LogP) is 2.99. The minimum atomic E-state index is -0.468. The first kappa shape index (κ1) is 16.1. The van der Waals surface area contributed by atoms with Gasteiger partial charge in [0.1, 0.15) is 18.5 Å². The molecule has 0 bridgehead atoms. The molecule has 3 nitrogen and oxygen atoms in total. The summed E-state index contributed by atoms with van der Waals surface area (Å²) in [7, 11) is 0. The van der Waals surface area contributed by atoms with Crippen LogP contribution < -0.4 is 10.1 Å². The number of hydrogen-bond acceptors (Lipinski definition) is 3. The Hall–Kier alpha value is -1.32. The van der Waals surface area contributed by atoms with Gasteiger partial charge in [-0.2, -0.15) is 0 Å². The van der Waals surface area contributed by atoms with Crippen molar-refractivity contribution in [3.8, 4) is 5.75 Å². The van der Waals surface area contributed by atoms with Crippen LogP contribution in [0.2, 0.25) is 0 Å². The van der Waals surface area contributed by atoms with Crippen molar-refractivity contribution in [3.63, 3.8) is 0 Å². The van der Waals surface area contributed by atoms with Crippen molar-refractivity contribution in [2.45, 2.75) is 39.2 Å². The lowest BCUT2D eigenvalue weighted by Gasteiger charge is -2.20. The van der Waals surface area contributed by atoms with Crippen LogP contribution in [-0.2, 0) is 0 Å². The standard InChI is InChI=1S/C18H27NO2/c1-14-8-9-18(15(2)10-14)21-13-17(20)12-19-11-16-6-4-3-5-7-16/h3-4,8-10,16-17,19-20H,5-7,11-13H2,1-2H3. The first-order chi connectivity index (χ1) is 10.1. The van der Waals surface area contributed by atoms with Gasteiger partial charge in [-0.15, -0.1) is 0 Å². The topological polar surface area (TPSA) is 41.5 Å². The van der Waals surface area contributed by atoms with Crippen LogP contribution in [0.3, 0.4) is 0 Å². The normalized spacial score (nSPS) is 19.5. The minimum Gasteiger partial charge on any atom is -0.491 e. The Morgan fingerprint density at radius 1 is 1.33 bits per heavy atom. The van der Waals surface area contributed by atoms with Crippen molar-refractivity contribution in [1.82, 2.24) is 5.32 Å². The quantitative estimate of drug-likeness (QED) is 0.758. The van der Waals surface area contributed by atoms with E-state index in [-0.39, 0.29) is 0 Å². The van der Waals surface area contributed by atoms with Crippen LogP contribution in [0.25, 0.3) is 0 Å². The molecule has 0 amide bonds. The van der Waals surface area contributed by atoms with E-state index >= 15 is 0 Å². The highest BCUT2D eigenvalue weighted by Gasteiger charge is 2.11. The zero-order valence-electron chi connectivity index (χ0n) is 13.1. The average Bonchev–Trinajstić information content (AvgIpc) is 2.47. The number of nitrogens with one attached hydrogen (secondary N) is 1. The number of aliphatic hydroxyl groups is 1. The smallest absolute Gasteiger partial charge is 0.122 e. The van der Waals surface area contributed by atoms with Crippen LogP contribution in [0.1, 0.15) is 30.4 Å². The largest absolute Gasteiger partial charge is 0.491 e. The zero-order chi connectivity index (χ0) is 15.1. The molecular weight excluding hydrogens is 262 g/mol. The van der Waals surface area contributed by atoms with Gasteiger partial charge in [-0.25, -0.2) is 0 Å². The lowest BCUT2D eigenvalue weighted by atomic mass is 9.94. The van der Waals surface area contributed by atoms with Gasteiger partial charge in [0.15, 0.2) is 0 Å². The Kier molecular flexibility index (Phi) is 6.27. The van der Waals surface area contributed by atoms with Gasteiger partial charge in [0, 0.05) is 6.54 Å². The van der Waals surface area contributed by atoms with E-state index in [1.54, 1.807) is 0 Å². The van der Waals surface area contributed by atoms with Gasteiger partial charge in [-0.3, -0.25) is 0 Å². The highest BCUT2D eigenvalue weighted by molar-refractivity contribution is 5.35. The zero-order valence-corrected chi connectivity index (χ0v) is 13.1. The Bertz CT molecular complexity index is 470. The minimum absolute atomic E-state index is 0.335. The van der Waals surface area contributed by atoms with Crippen molar-refractivity contribution < 1.29 is 9.84 Å². The summed E-state index contributed by atoms with van der Waals surface area (Å²) in [6.45, 7) is 6.00. The van der Waals surface area contributed by atoms with Gasteiger partial charge in [-0.05, 0) is 57.2 Å². The van der Waals surface area contributed by atoms with Crippen molar-refractivity contribution in [2.75, 3.05) is 19.7 Å². The van der Waals surface area contributed by atoms with Crippen molar-refractivity contribution >= 4 is 0 Å². The monoisotopic (exact) mass is 289 g/mol. The Morgan fingerprint density at radius 3 is 2.90 bits per heavy atom. The fraction of sp³-hybridized carbons (Fsp3) is 0.556. The molecule has 0 radical (unpaired) electrons. The molecule has 0 aromatic heterocycles. The third-order valence-electron chi connectivity index (χ3n) is 3.95. The van der Waals surface area contributed by atoms with E-state index in [4.69, 9.17) is 4.74 Å². The molecule has 3 heteroatoms. The van der Waals surface area contributed by atoms with E-state index in [9.17, 15) is 5.11 Å². The number of rotatable bonds is 7. The van der Waals surface area contributed by atoms with E-state index in [0.29, 0.717) is 19.1 Å². The van der Waals surface area contributed by atoms with Crippen molar-refractivity contribution in [2.24, 2.45) is 5.92 Å². The first-order valence-corrected chi connectivity index (χ1v) is 7.89. The predicted molar refractivity (Wildman–Crippen MR) is 86.8 cm³/mol. The van der Waals surface area contributed by atoms with Crippen LogP contribution in [0.15, 0.2) is 30.4 Å². The molecule has 0 saturated carbocycles. The third kappa shape index (κ3) is 5.52. The summed E-state index contributed by atoms with van der Waals surface area (Å²) in [5.74, 6) is 1.57. The van der Waals surface area contributed by atoms with E-state index in [1.807, 2.05) is 19.1 Å². The van der Waals surface area contributed by atoms with Crippen LogP contribution in [0.4, 0.5) is 0 Å². The highest BCUT2D eigenvalue weighted by atomic mass is 16.5. The second-order valence-electron chi connectivity index (χ2n) is 6.04. The first-order valence-electron chi connectivity index (χ1n) is 7.89. The number of hydrogen-bond donors (Lipinski definition) is 2. The van der Waals surface area contributed by atoms with Crippen LogP contribution >= 0.6 is 0 Å². The molecule has 0 fully saturated rings. The average molecular weight is 289 g/mol. The molecule has 1 aliphatic rings. The molecule has 2 N–H and O–H groups in total. The van der Waals surface area contributed by atoms with E-state index in [0.717, 1.165) is 24.3 Å². The van der Waals surface area contributed by atoms with Gasteiger partial charge in [0.05, 0.1) is 0 Å². The number of benzene rings is 1. The van der Waals surface area contributed by atoms with Gasteiger partial charge in [0.2, 0.25) is 0 Å². The molecule has 21 heavy (non-hydrogen) atoms. The fourth-order valence-corrected chi connectivity index (χ4v) is 2.70. The fourth-order valence-electron chi connectivity index (χ4n) is 2.70. The molecule has 0 heterocycles. The number of ether oxygens (including phenoxy) is 1. The molecular formula is C18H27NO2. The van der Waals surface area contributed by atoms with E-state index in [1.165, 1.54) is 18.4 Å². The summed E-state index contributed by atoms with van der Waals surface area (Å²) in [4.78, 5) is 0. The SMILES string of the molecule is Cc1ccc(OCC(O)CNCC2CC=CCC2)c(C)c1. The van der Waals surface area contributed by atoms with Gasteiger partial charge in [-0.1, -0.05) is 29.8 Å². The molecule has 116 valence electrons. The van der Waals surface area contributed by atoms with E-state index in [2.05, 4.69) is 30.5 Å². The number of aliphatic hydroxyl groups excluding tert-OH is 1. The lowest BCUT2D eigenvalue weighted by Crippen LogP contribution is -2.34. The Balaban J connectivity index is 1.65. The molecule has 0 aliphatic heterocycles. The number of allylic oxidation sites excluding steroid dienone is 2. The molecule has 2 unspecified atom stereocenters. The summed E-state index contributed by atoms with van der Waals surface area (Å²) < 4.78 is 5.69. The summed E-state index contributed by atoms with van der Waals surface area (Å²) in [6, 6.07) is 6.10. The van der Waals surface area contributed by atoms with Crippen molar-refractivity contribution in [1.29, 1.82) is 0 Å². The summed E-state index contributed by atoms with van der Waals surface area (Å²) in [6.07, 6.45) is 7.63.